The van der Waals surface area contributed by atoms with Gasteiger partial charge in [-0.25, -0.2) is 0 Å². The molecular weight excluding hydrogens is 497 g/mol. The van der Waals surface area contributed by atoms with Gasteiger partial charge in [0.2, 0.25) is 11.8 Å². The molecule has 0 aliphatic carbocycles. The van der Waals surface area contributed by atoms with Gasteiger partial charge in [0.05, 0.1) is 27.1 Å². The molecule has 0 saturated carbocycles. The van der Waals surface area contributed by atoms with Crippen LogP contribution in [-0.4, -0.2) is 11.8 Å². The van der Waals surface area contributed by atoms with Crippen LogP contribution >= 0.6 is 23.2 Å². The molecule has 2 amide bonds. The molecular formula is C21H16Cl2F6N2O2. The lowest BCUT2D eigenvalue weighted by molar-refractivity contribution is -0.138. The van der Waals surface area contributed by atoms with E-state index in [0.717, 1.165) is 24.3 Å². The molecule has 0 fully saturated rings. The first-order valence-corrected chi connectivity index (χ1v) is 9.93. The minimum atomic E-state index is -4.74. The largest absolute Gasteiger partial charge is 0.417 e. The molecule has 2 aromatic rings. The summed E-state index contributed by atoms with van der Waals surface area (Å²) < 4.78 is 78.0. The summed E-state index contributed by atoms with van der Waals surface area (Å²) >= 11 is 11.1. The highest BCUT2D eigenvalue weighted by Gasteiger charge is 2.34. The monoisotopic (exact) mass is 512 g/mol. The third kappa shape index (κ3) is 7.40. The van der Waals surface area contributed by atoms with E-state index in [-0.39, 0.29) is 17.8 Å². The van der Waals surface area contributed by atoms with Crippen LogP contribution < -0.4 is 10.6 Å². The Morgan fingerprint density at radius 3 is 1.76 bits per heavy atom. The van der Waals surface area contributed by atoms with E-state index in [1.54, 1.807) is 0 Å². The molecule has 0 aliphatic rings. The zero-order valence-electron chi connectivity index (χ0n) is 16.6. The molecule has 0 radical (unpaired) electrons. The fourth-order valence-electron chi connectivity index (χ4n) is 2.80. The number of allylic oxidation sites excluding steroid dienone is 1. The van der Waals surface area contributed by atoms with Gasteiger partial charge in [-0.15, -0.1) is 6.58 Å². The van der Waals surface area contributed by atoms with Gasteiger partial charge >= 0.3 is 12.4 Å². The number of benzene rings is 2. The van der Waals surface area contributed by atoms with Crippen molar-refractivity contribution < 1.29 is 35.9 Å². The zero-order chi connectivity index (χ0) is 25.0. The second-order valence-electron chi connectivity index (χ2n) is 6.85. The normalized spacial score (nSPS) is 12.7. The summed E-state index contributed by atoms with van der Waals surface area (Å²) in [6.07, 6.45) is -8.65. The number of amides is 2. The molecule has 0 aromatic heterocycles. The van der Waals surface area contributed by atoms with E-state index in [0.29, 0.717) is 12.1 Å². The smallest absolute Gasteiger partial charge is 0.326 e. The Morgan fingerprint density at radius 1 is 0.879 bits per heavy atom. The maximum Gasteiger partial charge on any atom is 0.417 e. The standard InChI is InChI=1S/C21H16Cl2F6N2O2/c1-2-3-11(19(33)31-13-5-7-17(23)15(10-13)21(27,28)29)8-18(32)30-12-4-6-16(22)14(9-12)20(24,25)26/h2,4-7,9-11H,1,3,8H2,(H,30,32)(H,31,33). The van der Waals surface area contributed by atoms with Crippen LogP contribution in [0, 0.1) is 5.92 Å². The average Bonchev–Trinajstić information content (AvgIpc) is 2.68. The fraction of sp³-hybridized carbons (Fsp3) is 0.238. The van der Waals surface area contributed by atoms with Gasteiger partial charge in [0.25, 0.3) is 0 Å². The average molecular weight is 513 g/mol. The van der Waals surface area contributed by atoms with Crippen LogP contribution in [0.25, 0.3) is 0 Å². The lowest BCUT2D eigenvalue weighted by atomic mass is 9.99. The Kier molecular flexibility index (Phi) is 8.42. The summed E-state index contributed by atoms with van der Waals surface area (Å²) in [5.74, 6) is -2.63. The lowest BCUT2D eigenvalue weighted by Gasteiger charge is -2.17. The molecule has 1 unspecified atom stereocenters. The molecule has 0 bridgehead atoms. The highest BCUT2D eigenvalue weighted by atomic mass is 35.5. The molecule has 1 atom stereocenters. The van der Waals surface area contributed by atoms with Crippen molar-refractivity contribution >= 4 is 46.4 Å². The van der Waals surface area contributed by atoms with Crippen molar-refractivity contribution in [2.24, 2.45) is 5.92 Å². The van der Waals surface area contributed by atoms with Gasteiger partial charge in [0.1, 0.15) is 0 Å². The molecule has 4 nitrogen and oxygen atoms in total. The molecule has 178 valence electrons. The Morgan fingerprint density at radius 2 is 1.33 bits per heavy atom. The third-order valence-corrected chi connectivity index (χ3v) is 5.01. The van der Waals surface area contributed by atoms with Crippen molar-refractivity contribution in [2.45, 2.75) is 25.2 Å². The van der Waals surface area contributed by atoms with Crippen LogP contribution in [0.3, 0.4) is 0 Å². The maximum atomic E-state index is 13.0. The van der Waals surface area contributed by atoms with Crippen LogP contribution in [0.15, 0.2) is 49.1 Å². The number of carbonyl (C=O) groups is 2. The van der Waals surface area contributed by atoms with E-state index >= 15 is 0 Å². The van der Waals surface area contributed by atoms with Gasteiger partial charge in [0.15, 0.2) is 0 Å². The molecule has 0 heterocycles. The number of carbonyl (C=O) groups excluding carboxylic acids is 2. The Hall–Kier alpha value is -2.72. The Balaban J connectivity index is 2.14. The summed E-state index contributed by atoms with van der Waals surface area (Å²) in [6.45, 7) is 3.47. The Labute approximate surface area is 194 Å². The number of alkyl halides is 6. The van der Waals surface area contributed by atoms with Crippen molar-refractivity contribution in [3.05, 3.63) is 70.2 Å². The molecule has 2 N–H and O–H groups in total. The van der Waals surface area contributed by atoms with E-state index in [9.17, 15) is 35.9 Å². The van der Waals surface area contributed by atoms with E-state index in [2.05, 4.69) is 17.2 Å². The predicted molar refractivity (Wildman–Crippen MR) is 113 cm³/mol. The summed E-state index contributed by atoms with van der Waals surface area (Å²) in [6, 6.07) is 5.55. The number of nitrogens with one attached hydrogen (secondary N) is 2. The first-order chi connectivity index (χ1) is 15.2. The van der Waals surface area contributed by atoms with Gasteiger partial charge in [-0.3, -0.25) is 9.59 Å². The molecule has 2 aromatic carbocycles. The highest BCUT2D eigenvalue weighted by molar-refractivity contribution is 6.31. The molecule has 0 saturated heterocycles. The van der Waals surface area contributed by atoms with Crippen molar-refractivity contribution in [2.75, 3.05) is 10.6 Å². The van der Waals surface area contributed by atoms with E-state index < -0.39 is 57.7 Å². The second kappa shape index (κ2) is 10.5. The maximum absolute atomic E-state index is 13.0. The molecule has 0 spiro atoms. The number of hydrogen-bond donors (Lipinski definition) is 2. The zero-order valence-corrected chi connectivity index (χ0v) is 18.1. The second-order valence-corrected chi connectivity index (χ2v) is 7.66. The summed E-state index contributed by atoms with van der Waals surface area (Å²) in [5, 5.41) is 3.43. The quantitative estimate of drug-likeness (QED) is 0.304. The molecule has 2 rings (SSSR count). The minimum absolute atomic E-state index is 0.0204. The van der Waals surface area contributed by atoms with E-state index in [1.807, 2.05) is 0 Å². The van der Waals surface area contributed by atoms with Crippen LogP contribution in [0.4, 0.5) is 37.7 Å². The molecule has 12 heteroatoms. The van der Waals surface area contributed by atoms with E-state index in [4.69, 9.17) is 23.2 Å². The molecule has 33 heavy (non-hydrogen) atoms. The first kappa shape index (κ1) is 26.5. The fourth-order valence-corrected chi connectivity index (χ4v) is 3.25. The van der Waals surface area contributed by atoms with Crippen molar-refractivity contribution in [1.82, 2.24) is 0 Å². The highest BCUT2D eigenvalue weighted by Crippen LogP contribution is 2.37. The van der Waals surface area contributed by atoms with Crippen molar-refractivity contribution in [3.63, 3.8) is 0 Å². The number of hydrogen-bond acceptors (Lipinski definition) is 2. The third-order valence-electron chi connectivity index (χ3n) is 4.35. The van der Waals surface area contributed by atoms with Crippen LogP contribution in [-0.2, 0) is 21.9 Å². The number of halogens is 8. The van der Waals surface area contributed by atoms with E-state index in [1.165, 1.54) is 6.08 Å². The summed E-state index contributed by atoms with van der Waals surface area (Å²) in [7, 11) is 0. The Bertz CT molecular complexity index is 1050. The predicted octanol–water partition coefficient (Wildman–Crippen LogP) is 7.19. The van der Waals surface area contributed by atoms with Gasteiger partial charge in [-0.1, -0.05) is 29.3 Å². The van der Waals surface area contributed by atoms with Crippen molar-refractivity contribution in [1.29, 1.82) is 0 Å². The number of rotatable bonds is 7. The molecule has 0 aliphatic heterocycles. The van der Waals surface area contributed by atoms with Crippen LogP contribution in [0.5, 0.6) is 0 Å². The SMILES string of the molecule is C=CCC(CC(=O)Nc1ccc(Cl)c(C(F)(F)F)c1)C(=O)Nc1ccc(Cl)c(C(F)(F)F)c1. The van der Waals surface area contributed by atoms with Gasteiger partial charge in [-0.05, 0) is 42.8 Å². The van der Waals surface area contributed by atoms with Crippen LogP contribution in [0.1, 0.15) is 24.0 Å². The lowest BCUT2D eigenvalue weighted by Crippen LogP contribution is -2.27. The van der Waals surface area contributed by atoms with Gasteiger partial charge in [0, 0.05) is 17.8 Å². The van der Waals surface area contributed by atoms with Gasteiger partial charge in [-0.2, -0.15) is 26.3 Å². The summed E-state index contributed by atoms with van der Waals surface area (Å²) in [5.41, 5.74) is -2.69. The number of anilines is 2. The van der Waals surface area contributed by atoms with Crippen LogP contribution in [0.2, 0.25) is 10.0 Å². The first-order valence-electron chi connectivity index (χ1n) is 9.17. The van der Waals surface area contributed by atoms with Crippen molar-refractivity contribution in [3.8, 4) is 0 Å². The van der Waals surface area contributed by atoms with Gasteiger partial charge < -0.3 is 10.6 Å². The minimum Gasteiger partial charge on any atom is -0.326 e. The summed E-state index contributed by atoms with van der Waals surface area (Å²) in [4.78, 5) is 24.9. The topological polar surface area (TPSA) is 58.2 Å².